The first-order chi connectivity index (χ1) is 4.20. The summed E-state index contributed by atoms with van der Waals surface area (Å²) in [5.74, 6) is -0.878. The van der Waals surface area contributed by atoms with Crippen LogP contribution in [0.2, 0.25) is 0 Å². The van der Waals surface area contributed by atoms with Crippen molar-refractivity contribution in [1.82, 2.24) is 0 Å². The van der Waals surface area contributed by atoms with Gasteiger partial charge in [-0.15, -0.1) is 28.3 Å². The van der Waals surface area contributed by atoms with Crippen LogP contribution in [0.4, 0.5) is 0 Å². The third-order valence-electron chi connectivity index (χ3n) is 0.814. The lowest BCUT2D eigenvalue weighted by atomic mass is 10.4. The first-order valence-electron chi connectivity index (χ1n) is 2.17. The second kappa shape index (κ2) is 4.10. The Bertz CT molecular complexity index is 233. The minimum Gasteiger partial charge on any atom is -0.478 e. The van der Waals surface area contributed by atoms with Gasteiger partial charge in [-0.2, -0.15) is 0 Å². The van der Waals surface area contributed by atoms with Crippen molar-refractivity contribution in [3.05, 3.63) is 20.8 Å². The summed E-state index contributed by atoms with van der Waals surface area (Å²) in [6.07, 6.45) is 0. The molecule has 10 heavy (non-hydrogen) atoms. The van der Waals surface area contributed by atoms with Crippen molar-refractivity contribution in [2.75, 3.05) is 0 Å². The van der Waals surface area contributed by atoms with Gasteiger partial charge in [0.25, 0.3) is 0 Å². The molecule has 0 aliphatic heterocycles. The molecule has 0 aliphatic carbocycles. The van der Waals surface area contributed by atoms with Crippen LogP contribution in [0.3, 0.4) is 0 Å². The number of carboxylic acid groups (broad SMARTS) is 1. The van der Waals surface area contributed by atoms with Gasteiger partial charge in [-0.1, -0.05) is 0 Å². The van der Waals surface area contributed by atoms with E-state index in [1.54, 1.807) is 11.4 Å². The van der Waals surface area contributed by atoms with Crippen LogP contribution in [0.25, 0.3) is 0 Å². The van der Waals surface area contributed by atoms with Crippen LogP contribution in [-0.4, -0.2) is 11.1 Å². The number of hydrogen-bond acceptors (Lipinski definition) is 2. The van der Waals surface area contributed by atoms with E-state index < -0.39 is 5.97 Å². The monoisotopic (exact) mass is 286 g/mol. The SMILES string of the molecule is Br.O=C(O)c1csc(Br)c1. The van der Waals surface area contributed by atoms with Crippen molar-refractivity contribution in [1.29, 1.82) is 0 Å². The first kappa shape index (κ1) is 10.1. The first-order valence-corrected chi connectivity index (χ1v) is 3.85. The maximum absolute atomic E-state index is 10.2. The van der Waals surface area contributed by atoms with Crippen LogP contribution in [-0.2, 0) is 0 Å². The summed E-state index contributed by atoms with van der Waals surface area (Å²) in [6.45, 7) is 0. The van der Waals surface area contributed by atoms with E-state index in [4.69, 9.17) is 5.11 Å². The van der Waals surface area contributed by atoms with Gasteiger partial charge in [0, 0.05) is 5.38 Å². The highest BCUT2D eigenvalue weighted by molar-refractivity contribution is 9.11. The topological polar surface area (TPSA) is 37.3 Å². The minimum absolute atomic E-state index is 0. The Labute approximate surface area is 80.8 Å². The van der Waals surface area contributed by atoms with Gasteiger partial charge in [0.2, 0.25) is 0 Å². The molecule has 1 aromatic heterocycles. The van der Waals surface area contributed by atoms with Crippen molar-refractivity contribution < 1.29 is 9.90 Å². The molecule has 0 aromatic carbocycles. The number of carboxylic acids is 1. The Morgan fingerprint density at radius 3 is 2.50 bits per heavy atom. The molecule has 0 fully saturated rings. The largest absolute Gasteiger partial charge is 0.478 e. The van der Waals surface area contributed by atoms with Gasteiger partial charge in [-0.25, -0.2) is 4.79 Å². The molecule has 0 saturated carbocycles. The second-order valence-corrected chi connectivity index (χ2v) is 3.74. The van der Waals surface area contributed by atoms with Crippen LogP contribution in [0, 0.1) is 0 Å². The molecule has 0 aliphatic rings. The maximum Gasteiger partial charge on any atom is 0.336 e. The number of halogens is 2. The lowest BCUT2D eigenvalue weighted by molar-refractivity contribution is 0.0697. The van der Waals surface area contributed by atoms with Gasteiger partial charge in [-0.05, 0) is 22.0 Å². The van der Waals surface area contributed by atoms with E-state index in [2.05, 4.69) is 15.9 Å². The summed E-state index contributed by atoms with van der Waals surface area (Å²) in [5, 5.41) is 9.97. The molecule has 1 heterocycles. The molecule has 1 aromatic rings. The second-order valence-electron chi connectivity index (χ2n) is 1.44. The molecular formula is C5H4Br2O2S. The molecule has 5 heteroatoms. The Morgan fingerprint density at radius 2 is 2.30 bits per heavy atom. The quantitative estimate of drug-likeness (QED) is 0.862. The molecule has 0 radical (unpaired) electrons. The molecule has 0 amide bonds. The Hall–Kier alpha value is 0.130. The molecule has 0 spiro atoms. The van der Waals surface area contributed by atoms with Crippen LogP contribution in [0.5, 0.6) is 0 Å². The summed E-state index contributed by atoms with van der Waals surface area (Å²) >= 11 is 4.52. The smallest absolute Gasteiger partial charge is 0.336 e. The number of rotatable bonds is 1. The van der Waals surface area contributed by atoms with Gasteiger partial charge in [0.05, 0.1) is 9.35 Å². The van der Waals surface area contributed by atoms with E-state index in [1.165, 1.54) is 11.3 Å². The fourth-order valence-corrected chi connectivity index (χ4v) is 1.55. The highest BCUT2D eigenvalue weighted by atomic mass is 79.9. The molecule has 56 valence electrons. The molecule has 0 atom stereocenters. The maximum atomic E-state index is 10.2. The van der Waals surface area contributed by atoms with E-state index in [9.17, 15) is 4.79 Å². The molecule has 0 saturated heterocycles. The Morgan fingerprint density at radius 1 is 1.70 bits per heavy atom. The van der Waals surface area contributed by atoms with Crippen molar-refractivity contribution in [3.63, 3.8) is 0 Å². The molecule has 0 bridgehead atoms. The zero-order valence-electron chi connectivity index (χ0n) is 4.70. The average molecular weight is 288 g/mol. The standard InChI is InChI=1S/C5H3BrO2S.BrH/c6-4-1-3(2-9-4)5(7)8;/h1-2H,(H,7,8);1H. The Balaban J connectivity index is 0.000000810. The van der Waals surface area contributed by atoms with Crippen LogP contribution >= 0.6 is 44.2 Å². The molecule has 0 unspecified atom stereocenters. The van der Waals surface area contributed by atoms with Gasteiger partial charge >= 0.3 is 5.97 Å². The van der Waals surface area contributed by atoms with Crippen molar-refractivity contribution in [3.8, 4) is 0 Å². The highest BCUT2D eigenvalue weighted by Gasteiger charge is 2.02. The van der Waals surface area contributed by atoms with Gasteiger partial charge < -0.3 is 5.11 Å². The fraction of sp³-hybridized carbons (Fsp3) is 0. The number of carbonyl (C=O) groups is 1. The summed E-state index contributed by atoms with van der Waals surface area (Å²) < 4.78 is 0.847. The summed E-state index contributed by atoms with van der Waals surface area (Å²) in [5.41, 5.74) is 0.340. The van der Waals surface area contributed by atoms with Crippen molar-refractivity contribution in [2.45, 2.75) is 0 Å². The normalized spacial score (nSPS) is 8.50. The van der Waals surface area contributed by atoms with E-state index in [-0.39, 0.29) is 17.0 Å². The van der Waals surface area contributed by atoms with E-state index in [1.807, 2.05) is 0 Å². The fourth-order valence-electron chi connectivity index (χ4n) is 0.422. The third kappa shape index (κ3) is 2.40. The van der Waals surface area contributed by atoms with Gasteiger partial charge in [-0.3, -0.25) is 0 Å². The molecule has 1 rings (SSSR count). The highest BCUT2D eigenvalue weighted by Crippen LogP contribution is 2.20. The van der Waals surface area contributed by atoms with E-state index in [0.29, 0.717) is 5.56 Å². The van der Waals surface area contributed by atoms with Gasteiger partial charge in [0.1, 0.15) is 0 Å². The predicted octanol–water partition coefficient (Wildman–Crippen LogP) is 2.79. The van der Waals surface area contributed by atoms with Crippen LogP contribution in [0.1, 0.15) is 10.4 Å². The number of hydrogen-bond donors (Lipinski definition) is 1. The predicted molar refractivity (Wildman–Crippen MR) is 49.3 cm³/mol. The van der Waals surface area contributed by atoms with Crippen LogP contribution in [0.15, 0.2) is 15.2 Å². The third-order valence-corrected chi connectivity index (χ3v) is 2.32. The Kier molecular flexibility index (Phi) is 4.15. The zero-order valence-corrected chi connectivity index (χ0v) is 8.82. The number of aromatic carboxylic acids is 1. The van der Waals surface area contributed by atoms with Crippen molar-refractivity contribution in [2.24, 2.45) is 0 Å². The minimum atomic E-state index is -0.878. The summed E-state index contributed by atoms with van der Waals surface area (Å²) in [7, 11) is 0. The van der Waals surface area contributed by atoms with Crippen LogP contribution < -0.4 is 0 Å². The number of thiophene rings is 1. The average Bonchev–Trinajstić information content (AvgIpc) is 2.14. The van der Waals surface area contributed by atoms with Gasteiger partial charge in [0.15, 0.2) is 0 Å². The van der Waals surface area contributed by atoms with E-state index in [0.717, 1.165) is 3.79 Å². The molecular weight excluding hydrogens is 284 g/mol. The molecule has 1 N–H and O–H groups in total. The molecule has 2 nitrogen and oxygen atoms in total. The zero-order chi connectivity index (χ0) is 6.85. The summed E-state index contributed by atoms with van der Waals surface area (Å²) in [4.78, 5) is 10.2. The van der Waals surface area contributed by atoms with E-state index >= 15 is 0 Å². The lowest BCUT2D eigenvalue weighted by Gasteiger charge is -1.79. The van der Waals surface area contributed by atoms with Crippen molar-refractivity contribution >= 4 is 50.2 Å². The lowest BCUT2D eigenvalue weighted by Crippen LogP contribution is -1.91. The summed E-state index contributed by atoms with van der Waals surface area (Å²) in [6, 6.07) is 1.58.